The fourth-order valence-corrected chi connectivity index (χ4v) is 8.02. The molecule has 1 N–H and O–H groups in total. The quantitative estimate of drug-likeness (QED) is 0.787. The lowest BCUT2D eigenvalue weighted by Crippen LogP contribution is -2.47. The molecular formula is C21H32B2O2. The van der Waals surface area contributed by atoms with Crippen LogP contribution >= 0.6 is 0 Å². The number of hydrogen-bond donors (Lipinski definition) is 1. The zero-order valence-corrected chi connectivity index (χ0v) is 16.8. The fourth-order valence-electron chi connectivity index (χ4n) is 8.02. The van der Waals surface area contributed by atoms with Crippen LogP contribution in [0.2, 0.25) is 10.4 Å². The van der Waals surface area contributed by atoms with Gasteiger partial charge in [-0.2, -0.15) is 0 Å². The second-order valence-corrected chi connectivity index (χ2v) is 12.3. The van der Waals surface area contributed by atoms with E-state index in [1.165, 1.54) is 6.42 Å². The molecule has 2 saturated heterocycles. The van der Waals surface area contributed by atoms with E-state index in [4.69, 9.17) is 0 Å². The van der Waals surface area contributed by atoms with Gasteiger partial charge in [0.1, 0.15) is 20.3 Å². The van der Waals surface area contributed by atoms with Gasteiger partial charge in [-0.25, -0.2) is 0 Å². The van der Waals surface area contributed by atoms with Crippen LogP contribution in [0.4, 0.5) is 0 Å². The van der Waals surface area contributed by atoms with E-state index >= 15 is 0 Å². The van der Waals surface area contributed by atoms with Crippen molar-refractivity contribution in [3.63, 3.8) is 0 Å². The van der Waals surface area contributed by atoms with Crippen LogP contribution in [0.15, 0.2) is 0 Å². The molecule has 3 saturated carbocycles. The summed E-state index contributed by atoms with van der Waals surface area (Å²) >= 11 is 0. The molecule has 25 heavy (non-hydrogen) atoms. The molecule has 2 bridgehead atoms. The summed E-state index contributed by atoms with van der Waals surface area (Å²) in [5.41, 5.74) is -0.607. The van der Waals surface area contributed by atoms with Crippen molar-refractivity contribution < 1.29 is 9.90 Å². The average Bonchev–Trinajstić information content (AvgIpc) is 3.25. The Balaban J connectivity index is 1.45. The van der Waals surface area contributed by atoms with E-state index in [9.17, 15) is 9.90 Å². The van der Waals surface area contributed by atoms with Crippen LogP contribution < -0.4 is 0 Å². The summed E-state index contributed by atoms with van der Waals surface area (Å²) in [5, 5.41) is 11.2. The molecule has 5 aliphatic rings. The predicted octanol–water partition coefficient (Wildman–Crippen LogP) is 4.02. The van der Waals surface area contributed by atoms with E-state index in [0.29, 0.717) is 18.1 Å². The van der Waals surface area contributed by atoms with Crippen LogP contribution in [0.5, 0.6) is 0 Å². The van der Waals surface area contributed by atoms with Crippen molar-refractivity contribution in [3.8, 4) is 0 Å². The largest absolute Gasteiger partial charge is 0.389 e. The molecule has 1 spiro atoms. The molecule has 0 amide bonds. The van der Waals surface area contributed by atoms with Crippen molar-refractivity contribution in [2.24, 2.45) is 27.6 Å². The van der Waals surface area contributed by atoms with Crippen LogP contribution in [0.3, 0.4) is 0 Å². The minimum absolute atomic E-state index is 0.0301. The van der Waals surface area contributed by atoms with Gasteiger partial charge in [-0.3, -0.25) is 4.79 Å². The lowest BCUT2D eigenvalue weighted by molar-refractivity contribution is -0.137. The number of fused-ring (bicyclic) bond motifs is 2. The van der Waals surface area contributed by atoms with Crippen LogP contribution in [-0.2, 0) is 4.79 Å². The highest BCUT2D eigenvalue weighted by Gasteiger charge is 2.88. The second kappa shape index (κ2) is 3.96. The third kappa shape index (κ3) is 1.72. The minimum atomic E-state index is -0.444. The first-order valence-electron chi connectivity index (χ1n) is 10.3. The maximum Gasteiger partial charge on any atom is 0.138 e. The van der Waals surface area contributed by atoms with E-state index in [-0.39, 0.29) is 32.1 Å². The Morgan fingerprint density at radius 3 is 2.24 bits per heavy atom. The molecule has 134 valence electrons. The molecule has 0 aromatic carbocycles. The Labute approximate surface area is 154 Å². The second-order valence-electron chi connectivity index (χ2n) is 12.3. The highest BCUT2D eigenvalue weighted by molar-refractivity contribution is 7.05. The van der Waals surface area contributed by atoms with Gasteiger partial charge in [0, 0.05) is 17.3 Å². The van der Waals surface area contributed by atoms with E-state index < -0.39 is 5.60 Å². The Hall–Kier alpha value is -0.240. The van der Waals surface area contributed by atoms with Crippen molar-refractivity contribution in [3.05, 3.63) is 0 Å². The van der Waals surface area contributed by atoms with Gasteiger partial charge < -0.3 is 5.11 Å². The Morgan fingerprint density at radius 2 is 1.72 bits per heavy atom. The number of carbonyl (C=O) groups excluding carboxylic acids is 1. The van der Waals surface area contributed by atoms with Crippen molar-refractivity contribution in [2.45, 2.75) is 96.1 Å². The molecule has 2 aliphatic heterocycles. The van der Waals surface area contributed by atoms with Gasteiger partial charge in [-0.15, -0.1) is 0 Å². The van der Waals surface area contributed by atoms with Gasteiger partial charge in [0.25, 0.3) is 0 Å². The molecule has 2 heterocycles. The Morgan fingerprint density at radius 1 is 1.12 bits per heavy atom. The Bertz CT molecular complexity index is 686. The Kier molecular flexibility index (Phi) is 2.68. The smallest absolute Gasteiger partial charge is 0.138 e. The lowest BCUT2D eigenvalue weighted by Gasteiger charge is -2.48. The van der Waals surface area contributed by atoms with E-state index in [0.717, 1.165) is 25.7 Å². The van der Waals surface area contributed by atoms with Crippen LogP contribution in [0.1, 0.15) is 80.1 Å². The zero-order valence-electron chi connectivity index (χ0n) is 16.8. The van der Waals surface area contributed by atoms with Gasteiger partial charge in [-0.1, -0.05) is 52.0 Å². The van der Waals surface area contributed by atoms with Crippen LogP contribution in [-0.4, -0.2) is 31.0 Å². The highest BCUT2D eigenvalue weighted by atomic mass is 16.3. The molecule has 3 aliphatic carbocycles. The third-order valence-electron chi connectivity index (χ3n) is 9.59. The van der Waals surface area contributed by atoms with Gasteiger partial charge in [-0.05, 0) is 48.9 Å². The number of rotatable bonds is 4. The topological polar surface area (TPSA) is 37.3 Å². The standard InChI is InChI=1S/C21H32B2O2/c1-13-7-18(10-19(8-13)12-20(19,25)11-18)9-14(24)16(5,15(2,3)4)21-17(6,22-21)23-21/h13,25H,7-12H2,1-6H3. The van der Waals surface area contributed by atoms with Crippen molar-refractivity contribution >= 4 is 20.3 Å². The minimum Gasteiger partial charge on any atom is -0.389 e. The molecule has 5 unspecified atom stereocenters. The number of carbonyl (C=O) groups is 1. The molecule has 5 fully saturated rings. The summed E-state index contributed by atoms with van der Waals surface area (Å²) < 4.78 is 0. The first-order chi connectivity index (χ1) is 11.3. The third-order valence-corrected chi connectivity index (χ3v) is 9.59. The van der Waals surface area contributed by atoms with E-state index in [2.05, 4.69) is 56.1 Å². The zero-order chi connectivity index (χ0) is 18.3. The fraction of sp³-hybridized carbons (Fsp3) is 0.952. The SMILES string of the molecule is CC1CC2(CC(=O)C(C)(C(C)(C)C)C34[B]C3(C)[B]4)CC3(O)CC3(C1)C2. The summed E-state index contributed by atoms with van der Waals surface area (Å²) in [4.78, 5) is 13.8. The summed E-state index contributed by atoms with van der Waals surface area (Å²) in [7, 11) is 4.79. The van der Waals surface area contributed by atoms with Gasteiger partial charge in [0.2, 0.25) is 0 Å². The van der Waals surface area contributed by atoms with Crippen LogP contribution in [0, 0.1) is 27.6 Å². The van der Waals surface area contributed by atoms with E-state index in [1.54, 1.807) is 0 Å². The molecule has 0 aromatic rings. The molecule has 0 aromatic heterocycles. The summed E-state index contributed by atoms with van der Waals surface area (Å²) in [6, 6.07) is 0. The monoisotopic (exact) mass is 338 g/mol. The lowest BCUT2D eigenvalue weighted by atomic mass is 9.40. The van der Waals surface area contributed by atoms with Crippen molar-refractivity contribution in [2.75, 3.05) is 0 Å². The average molecular weight is 338 g/mol. The maximum atomic E-state index is 13.8. The summed E-state index contributed by atoms with van der Waals surface area (Å²) in [6.07, 6.45) is 5.91. The summed E-state index contributed by atoms with van der Waals surface area (Å²) in [5.74, 6) is 1.09. The molecule has 5 atom stereocenters. The van der Waals surface area contributed by atoms with Crippen molar-refractivity contribution in [1.82, 2.24) is 0 Å². The van der Waals surface area contributed by atoms with Gasteiger partial charge in [0.15, 0.2) is 0 Å². The molecule has 4 heteroatoms. The highest BCUT2D eigenvalue weighted by Crippen LogP contribution is 2.93. The molecule has 5 rings (SSSR count). The molecule has 2 nitrogen and oxygen atoms in total. The first kappa shape index (κ1) is 16.9. The predicted molar refractivity (Wildman–Crippen MR) is 102 cm³/mol. The van der Waals surface area contributed by atoms with E-state index in [1.807, 2.05) is 0 Å². The number of ketones is 1. The van der Waals surface area contributed by atoms with Crippen LogP contribution in [0.25, 0.3) is 0 Å². The number of hydrogen-bond acceptors (Lipinski definition) is 2. The van der Waals surface area contributed by atoms with Gasteiger partial charge in [0.05, 0.1) is 5.60 Å². The molecular weight excluding hydrogens is 306 g/mol. The normalized spacial score (nSPS) is 56.7. The summed E-state index contributed by atoms with van der Waals surface area (Å²) in [6.45, 7) is 13.5. The number of aliphatic hydroxyl groups is 1. The number of Topliss-reactive ketones (excluding diaryl/α,β-unsaturated/α-hetero) is 1. The van der Waals surface area contributed by atoms with Gasteiger partial charge >= 0.3 is 0 Å². The van der Waals surface area contributed by atoms with Crippen molar-refractivity contribution in [1.29, 1.82) is 0 Å². The first-order valence-corrected chi connectivity index (χ1v) is 10.3. The molecule has 2 radical (unpaired) electrons. The maximum absolute atomic E-state index is 13.8.